The second kappa shape index (κ2) is 4.45. The minimum absolute atomic E-state index is 0.00426. The van der Waals surface area contributed by atoms with E-state index in [2.05, 4.69) is 29.8 Å². The van der Waals surface area contributed by atoms with E-state index >= 15 is 0 Å². The summed E-state index contributed by atoms with van der Waals surface area (Å²) in [7, 11) is 0. The van der Waals surface area contributed by atoms with Crippen molar-refractivity contribution in [2.24, 2.45) is 17.3 Å². The zero-order valence-electron chi connectivity index (χ0n) is 11.9. The van der Waals surface area contributed by atoms with E-state index in [1.54, 1.807) is 0 Å². The van der Waals surface area contributed by atoms with E-state index in [9.17, 15) is 4.79 Å². The summed E-state index contributed by atoms with van der Waals surface area (Å²) in [5, 5.41) is 0. The van der Waals surface area contributed by atoms with Crippen molar-refractivity contribution in [2.75, 3.05) is 6.61 Å². The molecular formula is C15H23BrO3. The largest absolute Gasteiger partial charge is 0.463 e. The van der Waals surface area contributed by atoms with Crippen LogP contribution in [0.25, 0.3) is 0 Å². The first-order valence-corrected chi connectivity index (χ1v) is 8.16. The Labute approximate surface area is 123 Å². The lowest BCUT2D eigenvalue weighted by molar-refractivity contribution is -0.151. The molecule has 3 aliphatic rings. The summed E-state index contributed by atoms with van der Waals surface area (Å²) in [6, 6.07) is 0. The average molecular weight is 331 g/mol. The Morgan fingerprint density at radius 2 is 2.16 bits per heavy atom. The van der Waals surface area contributed by atoms with Gasteiger partial charge in [-0.25, -0.2) is 0 Å². The van der Waals surface area contributed by atoms with Gasteiger partial charge in [0.1, 0.15) is 6.10 Å². The predicted octanol–water partition coefficient (Wildman–Crippen LogP) is 3.30. The second-order valence-corrected chi connectivity index (χ2v) is 8.21. The zero-order valence-corrected chi connectivity index (χ0v) is 13.5. The van der Waals surface area contributed by atoms with Gasteiger partial charge in [-0.15, -0.1) is 0 Å². The van der Waals surface area contributed by atoms with Gasteiger partial charge < -0.3 is 9.47 Å². The summed E-state index contributed by atoms with van der Waals surface area (Å²) >= 11 is 4.04. The fourth-order valence-corrected chi connectivity index (χ4v) is 6.06. The minimum Gasteiger partial charge on any atom is -0.463 e. The number of hydrogen-bond donors (Lipinski definition) is 0. The Morgan fingerprint density at radius 1 is 1.42 bits per heavy atom. The van der Waals surface area contributed by atoms with Gasteiger partial charge >= 0.3 is 5.97 Å². The highest BCUT2D eigenvalue weighted by molar-refractivity contribution is 9.10. The SMILES string of the molecule is CC(=O)O[C@@H]1CC[C@]23CO[C@H](C[C@@H](C)[C@H]2C)[C@]3(Br)C1. The van der Waals surface area contributed by atoms with E-state index in [0.717, 1.165) is 32.3 Å². The van der Waals surface area contributed by atoms with Gasteiger partial charge in [-0.3, -0.25) is 4.79 Å². The van der Waals surface area contributed by atoms with E-state index in [0.29, 0.717) is 11.8 Å². The van der Waals surface area contributed by atoms with Crippen LogP contribution in [0.2, 0.25) is 0 Å². The van der Waals surface area contributed by atoms with Crippen LogP contribution in [0.15, 0.2) is 0 Å². The number of esters is 1. The molecule has 0 aromatic rings. The van der Waals surface area contributed by atoms with Crippen molar-refractivity contribution in [1.82, 2.24) is 0 Å². The first-order valence-electron chi connectivity index (χ1n) is 7.37. The van der Waals surface area contributed by atoms with Crippen LogP contribution < -0.4 is 0 Å². The van der Waals surface area contributed by atoms with Crippen molar-refractivity contribution in [1.29, 1.82) is 0 Å². The van der Waals surface area contributed by atoms with Crippen molar-refractivity contribution >= 4 is 21.9 Å². The van der Waals surface area contributed by atoms with Gasteiger partial charge in [0.15, 0.2) is 0 Å². The Kier molecular flexibility index (Phi) is 3.25. The monoisotopic (exact) mass is 330 g/mol. The molecule has 2 aliphatic carbocycles. The van der Waals surface area contributed by atoms with Gasteiger partial charge in [0.2, 0.25) is 0 Å². The molecule has 19 heavy (non-hydrogen) atoms. The van der Waals surface area contributed by atoms with Crippen LogP contribution in [0, 0.1) is 17.3 Å². The molecule has 0 radical (unpaired) electrons. The van der Waals surface area contributed by atoms with Crippen molar-refractivity contribution in [3.05, 3.63) is 0 Å². The Balaban J connectivity index is 1.89. The molecule has 0 aromatic carbocycles. The first kappa shape index (κ1) is 13.9. The Bertz CT molecular complexity index is 399. The predicted molar refractivity (Wildman–Crippen MR) is 76.2 cm³/mol. The van der Waals surface area contributed by atoms with Crippen LogP contribution in [0.5, 0.6) is 0 Å². The maximum Gasteiger partial charge on any atom is 0.302 e. The third-order valence-corrected chi connectivity index (χ3v) is 7.59. The van der Waals surface area contributed by atoms with Crippen LogP contribution in [-0.2, 0) is 14.3 Å². The topological polar surface area (TPSA) is 35.5 Å². The zero-order chi connectivity index (χ0) is 13.8. The lowest BCUT2D eigenvalue weighted by Crippen LogP contribution is -2.60. The van der Waals surface area contributed by atoms with Crippen molar-refractivity contribution < 1.29 is 14.3 Å². The molecule has 3 nitrogen and oxygen atoms in total. The summed E-state index contributed by atoms with van der Waals surface area (Å²) < 4.78 is 11.6. The number of carbonyl (C=O) groups is 1. The molecule has 4 heteroatoms. The number of hydrogen-bond acceptors (Lipinski definition) is 3. The molecule has 1 saturated heterocycles. The molecule has 108 valence electrons. The van der Waals surface area contributed by atoms with Crippen LogP contribution in [0.1, 0.15) is 46.5 Å². The first-order chi connectivity index (χ1) is 8.89. The molecule has 0 N–H and O–H groups in total. The van der Waals surface area contributed by atoms with Crippen LogP contribution in [0.3, 0.4) is 0 Å². The molecule has 3 fully saturated rings. The van der Waals surface area contributed by atoms with Crippen LogP contribution in [0.4, 0.5) is 0 Å². The molecular weight excluding hydrogens is 308 g/mol. The maximum absolute atomic E-state index is 11.2. The third kappa shape index (κ3) is 1.82. The Hall–Kier alpha value is -0.0900. The number of carbonyl (C=O) groups excluding carboxylic acids is 1. The third-order valence-electron chi connectivity index (χ3n) is 5.96. The standard InChI is InChI=1S/C15H23BrO3/c1-9-6-13-15(16)7-12(19-11(3)17)4-5-14(15,8-18-13)10(9)2/h9-10,12-13H,4-8H2,1-3H3/t9-,10-,12-,13-,14+,15-/m1/s1. The van der Waals surface area contributed by atoms with Gasteiger partial charge in [0.05, 0.1) is 17.0 Å². The second-order valence-electron chi connectivity index (χ2n) is 6.79. The minimum atomic E-state index is -0.164. The van der Waals surface area contributed by atoms with Crippen molar-refractivity contribution in [3.63, 3.8) is 0 Å². The van der Waals surface area contributed by atoms with Gasteiger partial charge in [0, 0.05) is 18.8 Å². The molecule has 1 heterocycles. The van der Waals surface area contributed by atoms with Gasteiger partial charge in [-0.05, 0) is 31.1 Å². The van der Waals surface area contributed by atoms with Crippen molar-refractivity contribution in [2.45, 2.75) is 63.0 Å². The molecule has 0 unspecified atom stereocenters. The Morgan fingerprint density at radius 3 is 2.84 bits per heavy atom. The lowest BCUT2D eigenvalue weighted by atomic mass is 9.53. The number of alkyl halides is 1. The summed E-state index contributed by atoms with van der Waals surface area (Å²) in [4.78, 5) is 11.2. The summed E-state index contributed by atoms with van der Waals surface area (Å²) in [6.07, 6.45) is 4.40. The smallest absolute Gasteiger partial charge is 0.302 e. The maximum atomic E-state index is 11.2. The van der Waals surface area contributed by atoms with Crippen molar-refractivity contribution in [3.8, 4) is 0 Å². The highest BCUT2D eigenvalue weighted by atomic mass is 79.9. The van der Waals surface area contributed by atoms with Gasteiger partial charge in [-0.2, -0.15) is 0 Å². The number of rotatable bonds is 1. The van der Waals surface area contributed by atoms with E-state index in [-0.39, 0.29) is 27.9 Å². The summed E-state index contributed by atoms with van der Waals surface area (Å²) in [6.45, 7) is 7.08. The van der Waals surface area contributed by atoms with E-state index < -0.39 is 0 Å². The molecule has 3 rings (SSSR count). The van der Waals surface area contributed by atoms with Crippen LogP contribution in [-0.4, -0.2) is 29.1 Å². The molecule has 1 aliphatic heterocycles. The van der Waals surface area contributed by atoms with E-state index in [1.807, 2.05) is 0 Å². The summed E-state index contributed by atoms with van der Waals surface area (Å²) in [5.74, 6) is 1.20. The molecule has 2 bridgehead atoms. The van der Waals surface area contributed by atoms with E-state index in [4.69, 9.17) is 9.47 Å². The fourth-order valence-electron chi connectivity index (χ4n) is 4.70. The molecule has 6 atom stereocenters. The van der Waals surface area contributed by atoms with Gasteiger partial charge in [-0.1, -0.05) is 29.8 Å². The molecule has 0 amide bonds. The number of halogens is 1. The summed E-state index contributed by atoms with van der Waals surface area (Å²) in [5.41, 5.74) is 0.228. The lowest BCUT2D eigenvalue weighted by Gasteiger charge is -2.56. The molecule has 0 aromatic heterocycles. The quantitative estimate of drug-likeness (QED) is 0.546. The highest BCUT2D eigenvalue weighted by Gasteiger charge is 2.68. The van der Waals surface area contributed by atoms with Gasteiger partial charge in [0.25, 0.3) is 0 Å². The number of ether oxygens (including phenoxy) is 2. The fraction of sp³-hybridized carbons (Fsp3) is 0.933. The van der Waals surface area contributed by atoms with E-state index in [1.165, 1.54) is 6.92 Å². The molecule has 0 spiro atoms. The van der Waals surface area contributed by atoms with Crippen LogP contribution >= 0.6 is 15.9 Å². The normalized spacial score (nSPS) is 52.6. The molecule has 2 saturated carbocycles. The average Bonchev–Trinajstić information content (AvgIpc) is 2.53. The highest BCUT2D eigenvalue weighted by Crippen LogP contribution is 2.66.